The van der Waals surface area contributed by atoms with E-state index in [0.29, 0.717) is 17.2 Å². The average Bonchev–Trinajstić information content (AvgIpc) is 3.34. The summed E-state index contributed by atoms with van der Waals surface area (Å²) in [4.78, 5) is 34.3. The highest BCUT2D eigenvalue weighted by molar-refractivity contribution is 7.12. The third-order valence-electron chi connectivity index (χ3n) is 4.84. The minimum absolute atomic E-state index is 0.0203. The predicted molar refractivity (Wildman–Crippen MR) is 111 cm³/mol. The van der Waals surface area contributed by atoms with E-state index in [1.54, 1.807) is 34.3 Å². The van der Waals surface area contributed by atoms with Gasteiger partial charge in [0.2, 0.25) is 5.91 Å². The van der Waals surface area contributed by atoms with Crippen molar-refractivity contribution in [3.8, 4) is 11.3 Å². The number of alkyl halides is 2. The second kappa shape index (κ2) is 9.06. The topological polar surface area (TPSA) is 88.8 Å². The van der Waals surface area contributed by atoms with E-state index in [0.717, 1.165) is 34.6 Å². The number of anilines is 1. The number of methoxy groups -OCH3 is 1. The van der Waals surface area contributed by atoms with Gasteiger partial charge < -0.3 is 19.4 Å². The SMILES string of the molecule is COCCN(CC(F)F)C(=O)c1nc(-c2ccc3nc(NC(=O)C4CC4)cn3c2)cs1. The van der Waals surface area contributed by atoms with Crippen molar-refractivity contribution in [2.75, 3.05) is 32.1 Å². The Morgan fingerprint density at radius 2 is 2.13 bits per heavy atom. The van der Waals surface area contributed by atoms with E-state index in [-0.39, 0.29) is 30.0 Å². The fourth-order valence-corrected chi connectivity index (χ4v) is 3.85. The maximum atomic E-state index is 12.8. The molecular formula is C20H21F2N5O3S. The van der Waals surface area contributed by atoms with Gasteiger partial charge in [-0.05, 0) is 25.0 Å². The Bertz CT molecular complexity index is 1100. The number of fused-ring (bicyclic) bond motifs is 1. The zero-order chi connectivity index (χ0) is 22.0. The maximum Gasteiger partial charge on any atom is 0.283 e. The van der Waals surface area contributed by atoms with Gasteiger partial charge in [-0.2, -0.15) is 0 Å². The number of carbonyl (C=O) groups excluding carboxylic acids is 2. The van der Waals surface area contributed by atoms with Crippen molar-refractivity contribution in [3.05, 3.63) is 34.9 Å². The highest BCUT2D eigenvalue weighted by atomic mass is 32.1. The Labute approximate surface area is 180 Å². The largest absolute Gasteiger partial charge is 0.383 e. The number of imidazole rings is 1. The molecule has 4 rings (SSSR count). The Balaban J connectivity index is 1.51. The molecule has 3 aromatic heterocycles. The Hall–Kier alpha value is -2.92. The summed E-state index contributed by atoms with van der Waals surface area (Å²) in [6.45, 7) is -0.452. The zero-order valence-electron chi connectivity index (χ0n) is 16.8. The van der Waals surface area contributed by atoms with Crippen LogP contribution in [0.15, 0.2) is 29.9 Å². The first-order valence-electron chi connectivity index (χ1n) is 9.76. The van der Waals surface area contributed by atoms with E-state index < -0.39 is 18.9 Å². The minimum Gasteiger partial charge on any atom is -0.383 e. The lowest BCUT2D eigenvalue weighted by Crippen LogP contribution is -2.37. The second-order valence-electron chi connectivity index (χ2n) is 7.25. The first-order valence-corrected chi connectivity index (χ1v) is 10.6. The van der Waals surface area contributed by atoms with E-state index in [9.17, 15) is 18.4 Å². The van der Waals surface area contributed by atoms with E-state index in [2.05, 4.69) is 15.3 Å². The fraction of sp³-hybridized carbons (Fsp3) is 0.400. The molecule has 164 valence electrons. The zero-order valence-corrected chi connectivity index (χ0v) is 17.6. The number of nitrogens with one attached hydrogen (secondary N) is 1. The molecule has 1 saturated carbocycles. The van der Waals surface area contributed by atoms with Crippen LogP contribution in [0, 0.1) is 5.92 Å². The van der Waals surface area contributed by atoms with Crippen molar-refractivity contribution in [1.29, 1.82) is 0 Å². The molecule has 1 fully saturated rings. The lowest BCUT2D eigenvalue weighted by Gasteiger charge is -2.20. The molecule has 0 radical (unpaired) electrons. The summed E-state index contributed by atoms with van der Waals surface area (Å²) in [5, 5.41) is 4.65. The smallest absolute Gasteiger partial charge is 0.283 e. The molecule has 0 spiro atoms. The number of carbonyl (C=O) groups is 2. The van der Waals surface area contributed by atoms with Gasteiger partial charge in [-0.25, -0.2) is 18.7 Å². The summed E-state index contributed by atoms with van der Waals surface area (Å²) in [7, 11) is 1.45. The van der Waals surface area contributed by atoms with Crippen LogP contribution in [-0.2, 0) is 9.53 Å². The number of pyridine rings is 1. The number of hydrogen-bond acceptors (Lipinski definition) is 6. The van der Waals surface area contributed by atoms with Crippen LogP contribution in [0.4, 0.5) is 14.6 Å². The summed E-state index contributed by atoms with van der Waals surface area (Å²) in [6.07, 6.45) is 2.69. The van der Waals surface area contributed by atoms with Crippen LogP contribution in [0.3, 0.4) is 0 Å². The molecule has 3 heterocycles. The molecule has 2 amide bonds. The molecule has 0 aromatic carbocycles. The van der Waals surface area contributed by atoms with Gasteiger partial charge in [-0.1, -0.05) is 0 Å². The lowest BCUT2D eigenvalue weighted by atomic mass is 10.2. The Morgan fingerprint density at radius 3 is 2.84 bits per heavy atom. The van der Waals surface area contributed by atoms with Crippen molar-refractivity contribution in [3.63, 3.8) is 0 Å². The van der Waals surface area contributed by atoms with Crippen LogP contribution in [0.1, 0.15) is 22.6 Å². The van der Waals surface area contributed by atoms with Crippen LogP contribution in [0.2, 0.25) is 0 Å². The molecule has 31 heavy (non-hydrogen) atoms. The van der Waals surface area contributed by atoms with Crippen LogP contribution >= 0.6 is 11.3 Å². The predicted octanol–water partition coefficient (Wildman–Crippen LogP) is 3.16. The first kappa shape index (κ1) is 21.3. The molecule has 1 N–H and O–H groups in total. The van der Waals surface area contributed by atoms with Gasteiger partial charge in [0, 0.05) is 36.7 Å². The summed E-state index contributed by atoms with van der Waals surface area (Å²) in [6, 6.07) is 3.59. The summed E-state index contributed by atoms with van der Waals surface area (Å²) in [5.41, 5.74) is 1.94. The number of rotatable bonds is 9. The molecule has 3 aromatic rings. The van der Waals surface area contributed by atoms with E-state index >= 15 is 0 Å². The third kappa shape index (κ3) is 5.05. The first-order chi connectivity index (χ1) is 14.9. The van der Waals surface area contributed by atoms with Crippen LogP contribution < -0.4 is 5.32 Å². The van der Waals surface area contributed by atoms with Gasteiger partial charge in [0.25, 0.3) is 12.3 Å². The molecule has 11 heteroatoms. The standard InChI is InChI=1S/C20H21F2N5O3S/c1-30-7-6-26(9-15(21)22)20(29)19-23-14(11-31-19)13-4-5-17-24-16(10-27(17)8-13)25-18(28)12-2-3-12/h4-5,8,10-12,15H,2-3,6-7,9H2,1H3,(H,25,28). The summed E-state index contributed by atoms with van der Waals surface area (Å²) < 4.78 is 32.4. The van der Waals surface area contributed by atoms with Gasteiger partial charge in [0.05, 0.1) is 25.0 Å². The van der Waals surface area contributed by atoms with Crippen molar-refractivity contribution in [1.82, 2.24) is 19.3 Å². The van der Waals surface area contributed by atoms with E-state index in [1.165, 1.54) is 7.11 Å². The number of amides is 2. The highest BCUT2D eigenvalue weighted by Gasteiger charge is 2.30. The molecule has 0 bridgehead atoms. The number of thiazole rings is 1. The van der Waals surface area contributed by atoms with Crippen molar-refractivity contribution >= 4 is 34.6 Å². The van der Waals surface area contributed by atoms with Gasteiger partial charge in [0.15, 0.2) is 10.8 Å². The molecule has 1 aliphatic rings. The number of halogens is 2. The van der Waals surface area contributed by atoms with Crippen molar-refractivity contribution < 1.29 is 23.1 Å². The Morgan fingerprint density at radius 1 is 1.32 bits per heavy atom. The van der Waals surface area contributed by atoms with Crippen molar-refractivity contribution in [2.24, 2.45) is 5.92 Å². The van der Waals surface area contributed by atoms with Gasteiger partial charge in [-0.15, -0.1) is 11.3 Å². The molecule has 0 atom stereocenters. The van der Waals surface area contributed by atoms with Crippen molar-refractivity contribution in [2.45, 2.75) is 19.3 Å². The number of nitrogens with zero attached hydrogens (tertiary/aromatic N) is 4. The van der Waals surface area contributed by atoms with Gasteiger partial charge >= 0.3 is 0 Å². The molecular weight excluding hydrogens is 428 g/mol. The van der Waals surface area contributed by atoms with Gasteiger partial charge in [0.1, 0.15) is 5.65 Å². The molecule has 0 aliphatic heterocycles. The Kier molecular flexibility index (Phi) is 6.23. The normalized spacial score (nSPS) is 13.7. The lowest BCUT2D eigenvalue weighted by molar-refractivity contribution is -0.117. The number of ether oxygens (including phenoxy) is 1. The third-order valence-corrected chi connectivity index (χ3v) is 5.67. The molecule has 8 nitrogen and oxygen atoms in total. The van der Waals surface area contributed by atoms with Crippen LogP contribution in [-0.4, -0.2) is 64.3 Å². The van der Waals surface area contributed by atoms with Crippen LogP contribution in [0.25, 0.3) is 16.9 Å². The van der Waals surface area contributed by atoms with Crippen LogP contribution in [0.5, 0.6) is 0 Å². The second-order valence-corrected chi connectivity index (χ2v) is 8.10. The molecule has 0 saturated heterocycles. The quantitative estimate of drug-likeness (QED) is 0.542. The van der Waals surface area contributed by atoms with E-state index in [1.807, 2.05) is 0 Å². The number of aromatic nitrogens is 3. The average molecular weight is 449 g/mol. The summed E-state index contributed by atoms with van der Waals surface area (Å²) >= 11 is 1.10. The monoisotopic (exact) mass is 449 g/mol. The highest BCUT2D eigenvalue weighted by Crippen LogP contribution is 2.30. The molecule has 0 unspecified atom stereocenters. The fourth-order valence-electron chi connectivity index (χ4n) is 3.06. The minimum atomic E-state index is -2.64. The summed E-state index contributed by atoms with van der Waals surface area (Å²) in [5.74, 6) is -0.0145. The number of hydrogen-bond donors (Lipinski definition) is 1. The van der Waals surface area contributed by atoms with Gasteiger partial charge in [-0.3, -0.25) is 9.59 Å². The van der Waals surface area contributed by atoms with E-state index in [4.69, 9.17) is 4.74 Å². The maximum absolute atomic E-state index is 12.8. The molecule has 1 aliphatic carbocycles.